The Morgan fingerprint density at radius 1 is 1.60 bits per heavy atom. The number of hydrogen-bond donors (Lipinski definition) is 1. The van der Waals surface area contributed by atoms with Crippen molar-refractivity contribution in [1.82, 2.24) is 0 Å². The molecule has 0 aromatic rings. The fourth-order valence-electron chi connectivity index (χ4n) is 1.31. The van der Waals surface area contributed by atoms with Gasteiger partial charge in [0.25, 0.3) is 6.02 Å². The van der Waals surface area contributed by atoms with Crippen LogP contribution in [0.4, 0.5) is 0 Å². The predicted molar refractivity (Wildman–Crippen MR) is 35.7 cm³/mol. The molecule has 0 saturated carbocycles. The molecule has 2 heterocycles. The normalized spacial score (nSPS) is 38.2. The average molecular weight is 142 g/mol. The van der Waals surface area contributed by atoms with Crippen LogP contribution in [0.25, 0.3) is 0 Å². The van der Waals surface area contributed by atoms with Gasteiger partial charge in [0.1, 0.15) is 12.7 Å². The van der Waals surface area contributed by atoms with E-state index in [1.165, 1.54) is 0 Å². The molecule has 2 unspecified atom stereocenters. The maximum absolute atomic E-state index is 5.36. The second-order valence-corrected chi connectivity index (χ2v) is 2.54. The molecule has 0 amide bonds. The van der Waals surface area contributed by atoms with Crippen molar-refractivity contribution in [1.29, 1.82) is 0 Å². The maximum Gasteiger partial charge on any atom is 0.282 e. The van der Waals surface area contributed by atoms with Gasteiger partial charge in [-0.3, -0.25) is 0 Å². The molecular weight excluding hydrogens is 132 g/mol. The summed E-state index contributed by atoms with van der Waals surface area (Å²) in [6.45, 7) is 1.36. The predicted octanol–water partition coefficient (Wildman–Crippen LogP) is -0.511. The SMILES string of the molecule is NC1=NC2CCOC2CO1. The van der Waals surface area contributed by atoms with Gasteiger partial charge < -0.3 is 15.2 Å². The summed E-state index contributed by atoms with van der Waals surface area (Å²) in [6.07, 6.45) is 1.14. The first kappa shape index (κ1) is 5.97. The Kier molecular flexibility index (Phi) is 1.27. The molecule has 0 aromatic heterocycles. The summed E-state index contributed by atoms with van der Waals surface area (Å²) in [5.74, 6) is 0. The number of rotatable bonds is 0. The van der Waals surface area contributed by atoms with E-state index in [2.05, 4.69) is 4.99 Å². The van der Waals surface area contributed by atoms with E-state index >= 15 is 0 Å². The lowest BCUT2D eigenvalue weighted by Gasteiger charge is -2.20. The molecule has 2 aliphatic rings. The highest BCUT2D eigenvalue weighted by Gasteiger charge is 2.31. The number of ether oxygens (including phenoxy) is 2. The number of nitrogens with two attached hydrogens (primary N) is 1. The Morgan fingerprint density at radius 2 is 2.50 bits per heavy atom. The lowest BCUT2D eigenvalue weighted by atomic mass is 10.1. The Bertz CT molecular complexity index is 169. The summed E-state index contributed by atoms with van der Waals surface area (Å²) in [6, 6.07) is 0.570. The number of fused-ring (bicyclic) bond motifs is 1. The summed E-state index contributed by atoms with van der Waals surface area (Å²) < 4.78 is 10.3. The van der Waals surface area contributed by atoms with Gasteiger partial charge in [0.2, 0.25) is 0 Å². The molecule has 1 saturated heterocycles. The highest BCUT2D eigenvalue weighted by atomic mass is 16.5. The van der Waals surface area contributed by atoms with Gasteiger partial charge in [0.15, 0.2) is 0 Å². The van der Waals surface area contributed by atoms with Crippen molar-refractivity contribution in [2.75, 3.05) is 13.2 Å². The third-order valence-corrected chi connectivity index (χ3v) is 1.86. The molecule has 2 atom stereocenters. The molecular formula is C6H10N2O2. The first-order valence-electron chi connectivity index (χ1n) is 3.44. The Morgan fingerprint density at radius 3 is 3.40 bits per heavy atom. The van der Waals surface area contributed by atoms with E-state index in [-0.39, 0.29) is 12.1 Å². The molecule has 2 N–H and O–H groups in total. The first-order valence-corrected chi connectivity index (χ1v) is 3.44. The van der Waals surface area contributed by atoms with Crippen molar-refractivity contribution in [3.8, 4) is 0 Å². The van der Waals surface area contributed by atoms with Crippen molar-refractivity contribution >= 4 is 6.02 Å². The average Bonchev–Trinajstić information content (AvgIpc) is 2.33. The lowest BCUT2D eigenvalue weighted by Crippen LogP contribution is -2.36. The van der Waals surface area contributed by atoms with Crippen LogP contribution in [0.15, 0.2) is 4.99 Å². The molecule has 0 aliphatic carbocycles. The number of hydrogen-bond acceptors (Lipinski definition) is 4. The first-order chi connectivity index (χ1) is 4.86. The standard InChI is InChI=1S/C6H10N2O2/c7-6-8-4-1-2-9-5(4)3-10-6/h4-5H,1-3H2,(H2,7,8). The van der Waals surface area contributed by atoms with Gasteiger partial charge in [-0.05, 0) is 6.42 Å². The molecule has 2 aliphatic heterocycles. The molecule has 0 radical (unpaired) electrons. The Hall–Kier alpha value is -0.770. The minimum Gasteiger partial charge on any atom is -0.463 e. The summed E-state index contributed by atoms with van der Waals surface area (Å²) >= 11 is 0. The van der Waals surface area contributed by atoms with Crippen LogP contribution in [0, 0.1) is 0 Å². The van der Waals surface area contributed by atoms with Crippen LogP contribution in [0.3, 0.4) is 0 Å². The summed E-state index contributed by atoms with van der Waals surface area (Å²) in [5, 5.41) is 0. The van der Waals surface area contributed by atoms with Crippen molar-refractivity contribution in [3.63, 3.8) is 0 Å². The van der Waals surface area contributed by atoms with Crippen molar-refractivity contribution in [2.45, 2.75) is 18.6 Å². The quantitative estimate of drug-likeness (QED) is 0.495. The monoisotopic (exact) mass is 142 g/mol. The minimum absolute atomic E-state index is 0.160. The van der Waals surface area contributed by atoms with E-state index in [0.717, 1.165) is 13.0 Å². The fourth-order valence-corrected chi connectivity index (χ4v) is 1.31. The summed E-state index contributed by atoms with van der Waals surface area (Å²) in [4.78, 5) is 4.09. The van der Waals surface area contributed by atoms with Gasteiger partial charge in [-0.2, -0.15) is 0 Å². The third kappa shape index (κ3) is 0.844. The van der Waals surface area contributed by atoms with Gasteiger partial charge in [-0.25, -0.2) is 4.99 Å². The van der Waals surface area contributed by atoms with E-state index in [4.69, 9.17) is 15.2 Å². The van der Waals surface area contributed by atoms with Gasteiger partial charge in [0.05, 0.1) is 6.04 Å². The molecule has 0 bridgehead atoms. The van der Waals surface area contributed by atoms with Crippen LogP contribution < -0.4 is 5.73 Å². The topological polar surface area (TPSA) is 56.8 Å². The largest absolute Gasteiger partial charge is 0.463 e. The molecule has 4 heteroatoms. The van der Waals surface area contributed by atoms with E-state index in [0.29, 0.717) is 12.6 Å². The van der Waals surface area contributed by atoms with E-state index in [1.54, 1.807) is 0 Å². The zero-order valence-electron chi connectivity index (χ0n) is 5.62. The zero-order chi connectivity index (χ0) is 6.97. The molecule has 56 valence electrons. The molecule has 0 spiro atoms. The van der Waals surface area contributed by atoms with Crippen LogP contribution in [0.2, 0.25) is 0 Å². The molecule has 2 rings (SSSR count). The van der Waals surface area contributed by atoms with Crippen LogP contribution >= 0.6 is 0 Å². The Labute approximate surface area is 59.0 Å². The van der Waals surface area contributed by atoms with Gasteiger partial charge in [0, 0.05) is 6.61 Å². The zero-order valence-corrected chi connectivity index (χ0v) is 5.62. The van der Waals surface area contributed by atoms with Crippen molar-refractivity contribution in [3.05, 3.63) is 0 Å². The highest BCUT2D eigenvalue weighted by molar-refractivity contribution is 5.72. The van der Waals surface area contributed by atoms with Crippen LogP contribution in [-0.4, -0.2) is 31.4 Å². The second-order valence-electron chi connectivity index (χ2n) is 2.54. The van der Waals surface area contributed by atoms with Gasteiger partial charge in [-0.15, -0.1) is 0 Å². The minimum atomic E-state index is 0.160. The smallest absolute Gasteiger partial charge is 0.282 e. The molecule has 1 fully saturated rings. The van der Waals surface area contributed by atoms with Crippen LogP contribution in [0.5, 0.6) is 0 Å². The number of amidine groups is 1. The third-order valence-electron chi connectivity index (χ3n) is 1.86. The van der Waals surface area contributed by atoms with Crippen LogP contribution in [0.1, 0.15) is 6.42 Å². The maximum atomic E-state index is 5.36. The summed E-state index contributed by atoms with van der Waals surface area (Å²) in [7, 11) is 0. The lowest BCUT2D eigenvalue weighted by molar-refractivity contribution is 0.0475. The molecule has 10 heavy (non-hydrogen) atoms. The fraction of sp³-hybridized carbons (Fsp3) is 0.833. The van der Waals surface area contributed by atoms with Gasteiger partial charge in [-0.1, -0.05) is 0 Å². The van der Waals surface area contributed by atoms with Crippen molar-refractivity contribution in [2.24, 2.45) is 10.7 Å². The highest BCUT2D eigenvalue weighted by Crippen LogP contribution is 2.19. The van der Waals surface area contributed by atoms with E-state index in [9.17, 15) is 0 Å². The second kappa shape index (κ2) is 2.12. The Balaban J connectivity index is 2.13. The van der Waals surface area contributed by atoms with Gasteiger partial charge >= 0.3 is 0 Å². The van der Waals surface area contributed by atoms with Crippen LogP contribution in [-0.2, 0) is 9.47 Å². The molecule has 0 aromatic carbocycles. The number of aliphatic imine (C=N–C) groups is 1. The van der Waals surface area contributed by atoms with Crippen molar-refractivity contribution < 1.29 is 9.47 Å². The summed E-state index contributed by atoms with van der Waals surface area (Å²) in [5.41, 5.74) is 5.36. The van der Waals surface area contributed by atoms with E-state index < -0.39 is 0 Å². The number of nitrogens with zero attached hydrogens (tertiary/aromatic N) is 1. The van der Waals surface area contributed by atoms with E-state index in [1.807, 2.05) is 0 Å². The molecule has 4 nitrogen and oxygen atoms in total.